The van der Waals surface area contributed by atoms with E-state index < -0.39 is 6.10 Å². The zero-order valence-corrected chi connectivity index (χ0v) is 13.0. The number of aliphatic hydroxyl groups excluding tert-OH is 1. The minimum atomic E-state index is -0.551. The minimum Gasteiger partial charge on any atom is -0.392 e. The van der Waals surface area contributed by atoms with Crippen LogP contribution in [-0.4, -0.2) is 21.4 Å². The molecule has 1 aromatic heterocycles. The summed E-state index contributed by atoms with van der Waals surface area (Å²) in [5, 5.41) is 14.8. The highest BCUT2D eigenvalue weighted by Gasteiger charge is 2.24. The fourth-order valence-electron chi connectivity index (χ4n) is 1.56. The molecule has 0 radical (unpaired) electrons. The van der Waals surface area contributed by atoms with Gasteiger partial charge in [0.05, 0.1) is 22.6 Å². The Balaban J connectivity index is 2.18. The van der Waals surface area contributed by atoms with Gasteiger partial charge in [-0.05, 0) is 23.6 Å². The zero-order valence-electron chi connectivity index (χ0n) is 11.5. The number of nitrogens with zero attached hydrogens (tertiary/aromatic N) is 2. The van der Waals surface area contributed by atoms with Crippen LogP contribution in [0.25, 0.3) is 11.4 Å². The van der Waals surface area contributed by atoms with Gasteiger partial charge in [-0.15, -0.1) is 0 Å². The summed E-state index contributed by atoms with van der Waals surface area (Å²) in [6.07, 6.45) is -0.234. The third-order valence-electron chi connectivity index (χ3n) is 3.01. The predicted octanol–water partition coefficient (Wildman–Crippen LogP) is 3.99. The summed E-state index contributed by atoms with van der Waals surface area (Å²) in [4.78, 5) is 4.27. The maximum Gasteiger partial charge on any atom is 0.229 e. The van der Waals surface area contributed by atoms with Crippen molar-refractivity contribution in [2.24, 2.45) is 5.41 Å². The Labute approximate surface area is 127 Å². The molecule has 0 saturated heterocycles. The fraction of sp³-hybridized carbons (Fsp3) is 0.429. The lowest BCUT2D eigenvalue weighted by atomic mass is 9.87. The van der Waals surface area contributed by atoms with Gasteiger partial charge in [0.25, 0.3) is 0 Å². The van der Waals surface area contributed by atoms with Crippen molar-refractivity contribution in [3.8, 4) is 11.4 Å². The second-order valence-corrected chi connectivity index (χ2v) is 6.54. The van der Waals surface area contributed by atoms with Gasteiger partial charge < -0.3 is 9.63 Å². The monoisotopic (exact) mass is 314 g/mol. The SMILES string of the molecule is CC(C)(C)C(O)Cc1nc(-c2ccc(Cl)c(Cl)c2)no1. The Hall–Kier alpha value is -1.10. The number of aliphatic hydroxyl groups is 1. The first-order chi connectivity index (χ1) is 9.27. The van der Waals surface area contributed by atoms with Gasteiger partial charge in [0, 0.05) is 5.56 Å². The van der Waals surface area contributed by atoms with E-state index in [-0.39, 0.29) is 5.41 Å². The smallest absolute Gasteiger partial charge is 0.229 e. The maximum absolute atomic E-state index is 10.0. The summed E-state index contributed by atoms with van der Waals surface area (Å²) in [5.74, 6) is 0.827. The van der Waals surface area contributed by atoms with Gasteiger partial charge >= 0.3 is 0 Å². The van der Waals surface area contributed by atoms with Crippen LogP contribution in [0.1, 0.15) is 26.7 Å². The number of benzene rings is 1. The zero-order chi connectivity index (χ0) is 14.9. The van der Waals surface area contributed by atoms with Gasteiger partial charge in [-0.1, -0.05) is 49.1 Å². The lowest BCUT2D eigenvalue weighted by Crippen LogP contribution is -2.28. The van der Waals surface area contributed by atoms with Crippen molar-refractivity contribution in [1.82, 2.24) is 10.1 Å². The van der Waals surface area contributed by atoms with Gasteiger partial charge in [0.2, 0.25) is 11.7 Å². The molecule has 2 rings (SSSR count). The molecule has 4 nitrogen and oxygen atoms in total. The van der Waals surface area contributed by atoms with Crippen LogP contribution in [0, 0.1) is 5.41 Å². The molecule has 108 valence electrons. The molecule has 1 unspecified atom stereocenters. The Morgan fingerprint density at radius 1 is 1.25 bits per heavy atom. The van der Waals surface area contributed by atoms with E-state index in [2.05, 4.69) is 10.1 Å². The summed E-state index contributed by atoms with van der Waals surface area (Å²) in [6.45, 7) is 5.86. The molecule has 2 aromatic rings. The molecule has 1 atom stereocenters. The Bertz CT molecular complexity index is 605. The van der Waals surface area contributed by atoms with Crippen LogP contribution in [0.3, 0.4) is 0 Å². The highest BCUT2D eigenvalue weighted by molar-refractivity contribution is 6.42. The molecule has 1 aromatic carbocycles. The second kappa shape index (κ2) is 5.72. The van der Waals surface area contributed by atoms with Gasteiger partial charge in [-0.2, -0.15) is 4.98 Å². The van der Waals surface area contributed by atoms with Gasteiger partial charge in [0.15, 0.2) is 0 Å². The van der Waals surface area contributed by atoms with E-state index in [1.165, 1.54) is 0 Å². The van der Waals surface area contributed by atoms with Crippen LogP contribution in [-0.2, 0) is 6.42 Å². The molecule has 1 heterocycles. The molecule has 6 heteroatoms. The molecule has 0 bridgehead atoms. The highest BCUT2D eigenvalue weighted by atomic mass is 35.5. The summed E-state index contributed by atoms with van der Waals surface area (Å²) >= 11 is 11.8. The molecular weight excluding hydrogens is 299 g/mol. The molecule has 0 amide bonds. The fourth-order valence-corrected chi connectivity index (χ4v) is 1.86. The lowest BCUT2D eigenvalue weighted by molar-refractivity contribution is 0.0565. The average molecular weight is 315 g/mol. The van der Waals surface area contributed by atoms with Gasteiger partial charge in [-0.25, -0.2) is 0 Å². The van der Waals surface area contributed by atoms with Crippen LogP contribution < -0.4 is 0 Å². The Morgan fingerprint density at radius 2 is 1.95 bits per heavy atom. The molecule has 1 N–H and O–H groups in total. The van der Waals surface area contributed by atoms with Crippen molar-refractivity contribution in [3.05, 3.63) is 34.1 Å². The van der Waals surface area contributed by atoms with E-state index in [9.17, 15) is 5.11 Å². The van der Waals surface area contributed by atoms with Crippen LogP contribution >= 0.6 is 23.2 Å². The normalized spacial score (nSPS) is 13.5. The van der Waals surface area contributed by atoms with Crippen molar-refractivity contribution in [1.29, 1.82) is 0 Å². The number of halogens is 2. The molecule has 0 aliphatic rings. The van der Waals surface area contributed by atoms with Crippen LogP contribution in [0.4, 0.5) is 0 Å². The van der Waals surface area contributed by atoms with E-state index in [0.29, 0.717) is 28.2 Å². The van der Waals surface area contributed by atoms with E-state index in [1.807, 2.05) is 20.8 Å². The van der Waals surface area contributed by atoms with Crippen LogP contribution in [0.2, 0.25) is 10.0 Å². The van der Waals surface area contributed by atoms with Gasteiger partial charge in [-0.3, -0.25) is 0 Å². The summed E-state index contributed by atoms with van der Waals surface area (Å²) in [5.41, 5.74) is 0.484. The molecule has 20 heavy (non-hydrogen) atoms. The summed E-state index contributed by atoms with van der Waals surface area (Å²) < 4.78 is 5.16. The standard InChI is InChI=1S/C14H16Cl2N2O2/c1-14(2,3)11(19)7-12-17-13(18-20-12)8-4-5-9(15)10(16)6-8/h4-6,11,19H,7H2,1-3H3. The first-order valence-electron chi connectivity index (χ1n) is 6.23. The highest BCUT2D eigenvalue weighted by Crippen LogP contribution is 2.28. The number of hydrogen-bond donors (Lipinski definition) is 1. The van der Waals surface area contributed by atoms with E-state index >= 15 is 0 Å². The third kappa shape index (κ3) is 3.51. The van der Waals surface area contributed by atoms with Crippen molar-refractivity contribution in [3.63, 3.8) is 0 Å². The quantitative estimate of drug-likeness (QED) is 0.930. The number of hydrogen-bond acceptors (Lipinski definition) is 4. The average Bonchev–Trinajstić information content (AvgIpc) is 2.80. The first-order valence-corrected chi connectivity index (χ1v) is 6.99. The number of aromatic nitrogens is 2. The molecule has 0 saturated carbocycles. The molecule has 0 spiro atoms. The lowest BCUT2D eigenvalue weighted by Gasteiger charge is -2.24. The number of rotatable bonds is 3. The van der Waals surface area contributed by atoms with Crippen LogP contribution in [0.5, 0.6) is 0 Å². The third-order valence-corrected chi connectivity index (χ3v) is 3.75. The summed E-state index contributed by atoms with van der Waals surface area (Å²) in [6, 6.07) is 5.13. The van der Waals surface area contributed by atoms with Crippen molar-refractivity contribution in [2.45, 2.75) is 33.3 Å². The predicted molar refractivity (Wildman–Crippen MR) is 78.9 cm³/mol. The maximum atomic E-state index is 10.0. The van der Waals surface area contributed by atoms with E-state index in [1.54, 1.807) is 18.2 Å². The largest absolute Gasteiger partial charge is 0.392 e. The van der Waals surface area contributed by atoms with E-state index in [4.69, 9.17) is 27.7 Å². The first kappa shape index (κ1) is 15.3. The molecular formula is C14H16Cl2N2O2. The van der Waals surface area contributed by atoms with Gasteiger partial charge in [0.1, 0.15) is 0 Å². The van der Waals surface area contributed by atoms with Crippen molar-refractivity contribution >= 4 is 23.2 Å². The molecule has 0 fully saturated rings. The van der Waals surface area contributed by atoms with E-state index in [0.717, 1.165) is 5.56 Å². The van der Waals surface area contributed by atoms with Crippen molar-refractivity contribution < 1.29 is 9.63 Å². The molecule has 0 aliphatic carbocycles. The minimum absolute atomic E-state index is 0.238. The van der Waals surface area contributed by atoms with Crippen molar-refractivity contribution in [2.75, 3.05) is 0 Å². The molecule has 0 aliphatic heterocycles. The second-order valence-electron chi connectivity index (χ2n) is 5.73. The topological polar surface area (TPSA) is 59.2 Å². The Kier molecular flexibility index (Phi) is 4.37. The Morgan fingerprint density at radius 3 is 2.55 bits per heavy atom. The summed E-state index contributed by atoms with van der Waals surface area (Å²) in [7, 11) is 0. The van der Waals surface area contributed by atoms with Crippen LogP contribution in [0.15, 0.2) is 22.7 Å².